The molecule has 2 atom stereocenters. The second kappa shape index (κ2) is 7.81. The Bertz CT molecular complexity index is 688. The number of halogens is 2. The molecule has 0 radical (unpaired) electrons. The molecule has 150 valence electrons. The minimum Gasteiger partial charge on any atom is -0.147 e. The van der Waals surface area contributed by atoms with Crippen LogP contribution in [0.3, 0.4) is 0 Å². The summed E-state index contributed by atoms with van der Waals surface area (Å²) in [6.07, 6.45) is 10.2. The van der Waals surface area contributed by atoms with Crippen LogP contribution in [0, 0.1) is 22.7 Å². The number of rotatable bonds is 2. The molecule has 0 aromatic heterocycles. The minimum atomic E-state index is -3.10. The monoisotopic (exact) mass is 492 g/mol. The summed E-state index contributed by atoms with van der Waals surface area (Å²) in [6.45, 7) is 21.3. The van der Waals surface area contributed by atoms with Gasteiger partial charge in [0.15, 0.2) is 0 Å². The van der Waals surface area contributed by atoms with Gasteiger partial charge in [-0.3, -0.25) is 0 Å². The number of hydrogen-bond acceptors (Lipinski definition) is 0. The molecule has 26 heavy (non-hydrogen) atoms. The zero-order valence-electron chi connectivity index (χ0n) is 18.5. The smallest absolute Gasteiger partial charge is 0.147 e. The van der Waals surface area contributed by atoms with Crippen LogP contribution in [0.1, 0.15) is 55.4 Å². The summed E-state index contributed by atoms with van der Waals surface area (Å²) in [4.78, 5) is 0. The Kier molecular flexibility index (Phi) is 8.00. The largest absolute Gasteiger partial charge is 0.147 e. The third-order valence-electron chi connectivity index (χ3n) is 6.05. The first-order chi connectivity index (χ1) is 10.5. The van der Waals surface area contributed by atoms with Crippen LogP contribution in [0.5, 0.6) is 0 Å². The molecule has 2 aliphatic carbocycles. The van der Waals surface area contributed by atoms with Gasteiger partial charge >= 0.3 is 154 Å². The SMILES string of the molecule is CC1C=C(C(C)(C)C)C=[C]1[Zr]([CH3])([CH3])(=[SiH2])[C]1=CC(C(C)(C)C)=CC1C.Cl.Cl. The van der Waals surface area contributed by atoms with Gasteiger partial charge in [-0.25, -0.2) is 0 Å². The molecule has 0 aromatic rings. The summed E-state index contributed by atoms with van der Waals surface area (Å²) in [5.74, 6) is 1.20. The fourth-order valence-corrected chi connectivity index (χ4v) is 20.9. The van der Waals surface area contributed by atoms with Gasteiger partial charge in [-0.05, 0) is 0 Å². The molecule has 0 spiro atoms. The van der Waals surface area contributed by atoms with Crippen molar-refractivity contribution in [2.45, 2.75) is 64.7 Å². The van der Waals surface area contributed by atoms with Crippen LogP contribution in [0.2, 0.25) is 9.26 Å². The van der Waals surface area contributed by atoms with E-state index in [1.54, 1.807) is 6.56 Å². The molecule has 0 N–H and O–H groups in total. The summed E-state index contributed by atoms with van der Waals surface area (Å²) in [5.41, 5.74) is 3.58. The Hall–Kier alpha value is 0.640. The summed E-state index contributed by atoms with van der Waals surface area (Å²) in [6, 6.07) is 0. The van der Waals surface area contributed by atoms with Crippen LogP contribution in [0.15, 0.2) is 42.0 Å². The van der Waals surface area contributed by atoms with Gasteiger partial charge in [-0.15, -0.1) is 24.8 Å². The van der Waals surface area contributed by atoms with Crippen molar-refractivity contribution in [2.24, 2.45) is 22.7 Å². The van der Waals surface area contributed by atoms with E-state index in [1.807, 2.05) is 0 Å². The summed E-state index contributed by atoms with van der Waals surface area (Å²) >= 11 is -3.10. The van der Waals surface area contributed by atoms with Gasteiger partial charge in [-0.2, -0.15) is 0 Å². The topological polar surface area (TPSA) is 0 Å². The van der Waals surface area contributed by atoms with Gasteiger partial charge in [-0.1, -0.05) is 0 Å². The van der Waals surface area contributed by atoms with Crippen LogP contribution in [-0.2, 0) is 17.4 Å². The van der Waals surface area contributed by atoms with Crippen LogP contribution < -0.4 is 0 Å². The van der Waals surface area contributed by atoms with Gasteiger partial charge in [0.1, 0.15) is 0 Å². The molecule has 2 aliphatic rings. The maximum Gasteiger partial charge on any atom is -0.147 e. The fraction of sp³-hybridized carbons (Fsp3) is 0.636. The number of hydrogen-bond donors (Lipinski definition) is 0. The maximum atomic E-state index is 2.66. The first kappa shape index (κ1) is 26.6. The Morgan fingerprint density at radius 1 is 0.731 bits per heavy atom. The quantitative estimate of drug-likeness (QED) is 0.357. The molecule has 2 rings (SSSR count). The van der Waals surface area contributed by atoms with Crippen molar-refractivity contribution in [2.75, 3.05) is 0 Å². The first-order valence-corrected chi connectivity index (χ1v) is 22.8. The van der Waals surface area contributed by atoms with E-state index >= 15 is 0 Å². The predicted octanol–water partition coefficient (Wildman–Crippen LogP) is 7.18. The van der Waals surface area contributed by atoms with Crippen molar-refractivity contribution in [1.29, 1.82) is 0 Å². The van der Waals surface area contributed by atoms with Gasteiger partial charge in [0.05, 0.1) is 0 Å². The number of allylic oxidation sites excluding steroid dienone is 8. The molecule has 0 saturated heterocycles. The second-order valence-corrected chi connectivity index (χ2v) is 39.8. The molecule has 0 amide bonds. The molecule has 0 fully saturated rings. The van der Waals surface area contributed by atoms with Crippen molar-refractivity contribution in [3.63, 3.8) is 0 Å². The Morgan fingerprint density at radius 2 is 1.00 bits per heavy atom. The van der Waals surface area contributed by atoms with Gasteiger partial charge < -0.3 is 0 Å². The van der Waals surface area contributed by atoms with Crippen LogP contribution in [-0.4, -0.2) is 6.88 Å². The summed E-state index contributed by atoms with van der Waals surface area (Å²) in [7, 11) is 0. The van der Waals surface area contributed by atoms with Gasteiger partial charge in [0.2, 0.25) is 0 Å². The third-order valence-corrected chi connectivity index (χ3v) is 22.9. The van der Waals surface area contributed by atoms with Crippen LogP contribution in [0.25, 0.3) is 0 Å². The average molecular weight is 495 g/mol. The molecular weight excluding hydrogens is 454 g/mol. The van der Waals surface area contributed by atoms with Crippen molar-refractivity contribution >= 4 is 31.7 Å². The maximum absolute atomic E-state index is 3.10. The van der Waals surface area contributed by atoms with E-state index in [4.69, 9.17) is 0 Å². The van der Waals surface area contributed by atoms with E-state index in [1.165, 1.54) is 11.1 Å². The van der Waals surface area contributed by atoms with Crippen LogP contribution in [0.4, 0.5) is 0 Å². The zero-order valence-corrected chi connectivity index (χ0v) is 24.0. The van der Waals surface area contributed by atoms with E-state index in [0.29, 0.717) is 11.8 Å². The van der Waals surface area contributed by atoms with E-state index in [-0.39, 0.29) is 35.6 Å². The molecule has 0 aromatic carbocycles. The molecule has 0 saturated carbocycles. The zero-order chi connectivity index (χ0) is 18.7. The van der Waals surface area contributed by atoms with Crippen molar-refractivity contribution in [3.05, 3.63) is 42.0 Å². The molecular formula is C22H40Cl2SiZr. The molecule has 0 heterocycles. The van der Waals surface area contributed by atoms with Crippen molar-refractivity contribution in [1.82, 2.24) is 0 Å². The predicted molar refractivity (Wildman–Crippen MR) is 124 cm³/mol. The van der Waals surface area contributed by atoms with Crippen LogP contribution >= 0.6 is 24.8 Å². The standard InChI is InChI=1S/2C10H15.2CH3.2ClH.H2Si.Zr/c2*1-8-5-6-9(7-8)10(2,3)4;;;;;;/h2*6-8H,1-4H3;2*1H3;2*1H;1H2;. The second-order valence-electron chi connectivity index (χ2n) is 11.2. The summed E-state index contributed by atoms with van der Waals surface area (Å²) in [5, 5.41) is 0. The van der Waals surface area contributed by atoms with E-state index < -0.39 is 17.4 Å². The van der Waals surface area contributed by atoms with E-state index in [2.05, 4.69) is 95.8 Å². The Balaban J connectivity index is 0.00000312. The molecule has 0 aliphatic heterocycles. The molecule has 0 nitrogen and oxygen atoms in total. The third kappa shape index (κ3) is 4.97. The van der Waals surface area contributed by atoms with E-state index in [0.717, 1.165) is 0 Å². The molecule has 0 bridgehead atoms. The van der Waals surface area contributed by atoms with Gasteiger partial charge in [0, 0.05) is 0 Å². The molecule has 2 unspecified atom stereocenters. The Labute approximate surface area is 177 Å². The van der Waals surface area contributed by atoms with Crippen molar-refractivity contribution < 1.29 is 17.4 Å². The Morgan fingerprint density at radius 3 is 1.19 bits per heavy atom. The van der Waals surface area contributed by atoms with Crippen molar-refractivity contribution in [3.8, 4) is 0 Å². The first-order valence-electron chi connectivity index (χ1n) is 9.48. The fourth-order valence-electron chi connectivity index (χ4n) is 4.44. The summed E-state index contributed by atoms with van der Waals surface area (Å²) < 4.78 is 8.87. The van der Waals surface area contributed by atoms with E-state index in [9.17, 15) is 0 Å². The average Bonchev–Trinajstić information content (AvgIpc) is 2.91. The molecule has 4 heteroatoms. The normalized spacial score (nSPS) is 24.1. The van der Waals surface area contributed by atoms with Gasteiger partial charge in [0.25, 0.3) is 0 Å². The minimum absolute atomic E-state index is 0.